The van der Waals surface area contributed by atoms with E-state index >= 15 is 0 Å². The summed E-state index contributed by atoms with van der Waals surface area (Å²) >= 11 is 0. The molecule has 15 nitrogen and oxygen atoms in total. The van der Waals surface area contributed by atoms with Crippen LogP contribution in [0.5, 0.6) is 5.75 Å². The first kappa shape index (κ1) is 42.7. The number of amides is 4. The normalized spacial score (nSPS) is 16.3. The van der Waals surface area contributed by atoms with Gasteiger partial charge in [-0.25, -0.2) is 19.2 Å². The largest absolute Gasteiger partial charge is 0.490 e. The number of imide groups is 1. The minimum atomic E-state index is -1.43. The van der Waals surface area contributed by atoms with Crippen LogP contribution in [0, 0.1) is 5.92 Å². The van der Waals surface area contributed by atoms with Crippen molar-refractivity contribution in [2.75, 3.05) is 26.2 Å². The molecule has 57 heavy (non-hydrogen) atoms. The van der Waals surface area contributed by atoms with Crippen LogP contribution in [0.25, 0.3) is 11.1 Å². The van der Waals surface area contributed by atoms with Gasteiger partial charge in [-0.1, -0.05) is 24.3 Å². The molecule has 2 aliphatic heterocycles. The summed E-state index contributed by atoms with van der Waals surface area (Å²) in [6.07, 6.45) is 3.38. The van der Waals surface area contributed by atoms with Crippen molar-refractivity contribution < 1.29 is 52.4 Å². The first-order chi connectivity index (χ1) is 26.7. The molecule has 15 heteroatoms. The predicted octanol–water partition coefficient (Wildman–Crippen LogP) is 5.93. The van der Waals surface area contributed by atoms with Crippen molar-refractivity contribution >= 4 is 30.0 Å². The summed E-state index contributed by atoms with van der Waals surface area (Å²) in [7, 11) is 0. The Morgan fingerprint density at radius 2 is 1.44 bits per heavy atom. The van der Waals surface area contributed by atoms with E-state index in [1.165, 1.54) is 12.1 Å². The average molecular weight is 791 g/mol. The highest BCUT2D eigenvalue weighted by Crippen LogP contribution is 2.27. The monoisotopic (exact) mass is 790 g/mol. The lowest BCUT2D eigenvalue weighted by Crippen LogP contribution is -2.46. The lowest BCUT2D eigenvalue weighted by Gasteiger charge is -2.26. The Balaban J connectivity index is 1.27. The molecule has 2 atom stereocenters. The Labute approximate surface area is 334 Å². The number of hydrogen-bond acceptors (Lipinski definition) is 10. The van der Waals surface area contributed by atoms with Crippen LogP contribution < -0.4 is 14.7 Å². The molecule has 0 bridgehead atoms. The molecule has 308 valence electrons. The third-order valence-corrected chi connectivity index (χ3v) is 8.77. The van der Waals surface area contributed by atoms with Crippen LogP contribution in [0.2, 0.25) is 0 Å². The highest BCUT2D eigenvalue weighted by atomic mass is 16.7. The van der Waals surface area contributed by atoms with Gasteiger partial charge in [0.2, 0.25) is 12.3 Å². The number of alkyl carbamates (subject to hydrolysis) is 1. The van der Waals surface area contributed by atoms with Gasteiger partial charge in [-0.3, -0.25) is 9.59 Å². The summed E-state index contributed by atoms with van der Waals surface area (Å²) in [5.74, 6) is -1.51. The summed E-state index contributed by atoms with van der Waals surface area (Å²) in [5.41, 5.74) is 0.170. The second-order valence-corrected chi connectivity index (χ2v) is 17.3. The number of carbonyl (C=O) groups is 5. The number of fused-ring (bicyclic) bond motifs is 1. The number of nitrogens with one attached hydrogen (secondary N) is 1. The van der Waals surface area contributed by atoms with Crippen molar-refractivity contribution in [1.29, 1.82) is 0 Å². The zero-order valence-electron chi connectivity index (χ0n) is 34.5. The molecule has 4 amide bonds. The zero-order valence-corrected chi connectivity index (χ0v) is 34.5. The van der Waals surface area contributed by atoms with Crippen LogP contribution in [0.1, 0.15) is 95.9 Å². The maximum atomic E-state index is 13.2. The first-order valence-electron chi connectivity index (χ1n) is 19.3. The zero-order chi connectivity index (χ0) is 41.7. The van der Waals surface area contributed by atoms with Crippen LogP contribution in [0.15, 0.2) is 60.9 Å². The molecule has 2 aliphatic rings. The van der Waals surface area contributed by atoms with E-state index < -0.39 is 46.8 Å². The molecule has 0 aliphatic carbocycles. The van der Waals surface area contributed by atoms with E-state index in [0.717, 1.165) is 17.5 Å². The van der Waals surface area contributed by atoms with Gasteiger partial charge in [0, 0.05) is 25.6 Å². The number of hydroxylamine groups is 2. The minimum Gasteiger partial charge on any atom is -0.490 e. The fraction of sp³-hybridized carbons (Fsp3) is 0.524. The number of hydrogen-bond donors (Lipinski definition) is 1. The van der Waals surface area contributed by atoms with E-state index in [1.54, 1.807) is 49.9 Å². The van der Waals surface area contributed by atoms with Gasteiger partial charge in [-0.15, -0.1) is 9.75 Å². The second-order valence-electron chi connectivity index (χ2n) is 17.3. The summed E-state index contributed by atoms with van der Waals surface area (Å²) < 4.78 is 26.7. The molecule has 3 heterocycles. The van der Waals surface area contributed by atoms with E-state index in [2.05, 4.69) is 20.9 Å². The van der Waals surface area contributed by atoms with Gasteiger partial charge in [-0.05, 0) is 105 Å². The SMILES string of the molecule is CC(C)(C)OC(=O)NCCCn1cc(-c2ccc(OCC(ON3C(=O)c4ccccc4C3=O)C(=O)OC(C)(C)C)cc2)c[n+]1CC1CCN(C(=O)OC(C)(C)C)C1. The third kappa shape index (κ3) is 12.0. The molecular weight excluding hydrogens is 734 g/mol. The fourth-order valence-electron chi connectivity index (χ4n) is 6.30. The number of rotatable bonds is 13. The molecule has 0 radical (unpaired) electrons. The highest BCUT2D eigenvalue weighted by molar-refractivity contribution is 6.20. The Morgan fingerprint density at radius 1 is 0.825 bits per heavy atom. The van der Waals surface area contributed by atoms with Gasteiger partial charge in [0.05, 0.1) is 29.4 Å². The standard InChI is InChI=1S/C42H55N5O10/c1-40(2,3)54-37(50)34(57-47-35(48)32-13-10-11-14-33(32)36(47)49)27-53-31-17-15-29(16-18-31)30-25-45(21-12-20-43-38(51)55-41(4,5)6)46(26-30)24-28-19-22-44(23-28)39(52)56-42(7,8)9/h10-11,13-18,25-26,28,34H,12,19-24,27H2,1-9H3/p+1. The minimum absolute atomic E-state index is 0.181. The number of likely N-dealkylation sites (tertiary alicyclic amines) is 1. The maximum Gasteiger partial charge on any atom is 0.410 e. The number of aryl methyl sites for hydroxylation is 1. The number of ether oxygens (including phenoxy) is 4. The summed E-state index contributed by atoms with van der Waals surface area (Å²) in [6.45, 7) is 18.7. The molecule has 2 unspecified atom stereocenters. The van der Waals surface area contributed by atoms with Crippen LogP contribution >= 0.6 is 0 Å². The third-order valence-electron chi connectivity index (χ3n) is 8.77. The Bertz CT molecular complexity index is 1900. The fourth-order valence-corrected chi connectivity index (χ4v) is 6.30. The molecule has 2 aromatic carbocycles. The van der Waals surface area contributed by atoms with Gasteiger partial charge < -0.3 is 29.2 Å². The van der Waals surface area contributed by atoms with E-state index in [1.807, 2.05) is 59.9 Å². The Morgan fingerprint density at radius 3 is 2.04 bits per heavy atom. The second kappa shape index (κ2) is 17.4. The van der Waals surface area contributed by atoms with Gasteiger partial charge in [0.1, 0.15) is 29.2 Å². The van der Waals surface area contributed by atoms with E-state index in [4.69, 9.17) is 23.8 Å². The number of nitrogens with zero attached hydrogens (tertiary/aromatic N) is 4. The van der Waals surface area contributed by atoms with Crippen molar-refractivity contribution in [2.45, 2.75) is 111 Å². The van der Waals surface area contributed by atoms with Gasteiger partial charge >= 0.3 is 18.2 Å². The average Bonchev–Trinajstić information content (AvgIpc) is 3.80. The summed E-state index contributed by atoms with van der Waals surface area (Å²) in [4.78, 5) is 71.6. The van der Waals surface area contributed by atoms with E-state index in [9.17, 15) is 24.0 Å². The van der Waals surface area contributed by atoms with Crippen molar-refractivity contribution in [3.63, 3.8) is 0 Å². The summed E-state index contributed by atoms with van der Waals surface area (Å²) in [6, 6.07) is 13.6. The molecular formula is C42H56N5O10+. The van der Waals surface area contributed by atoms with Gasteiger partial charge in [0.25, 0.3) is 11.8 Å². The summed E-state index contributed by atoms with van der Waals surface area (Å²) in [5, 5.41) is 3.40. The number of benzene rings is 2. The molecule has 0 spiro atoms. The smallest absolute Gasteiger partial charge is 0.410 e. The molecule has 3 aromatic rings. The lowest BCUT2D eigenvalue weighted by molar-refractivity contribution is -0.780. The molecule has 1 saturated heterocycles. The van der Waals surface area contributed by atoms with Gasteiger partial charge in [-0.2, -0.15) is 4.68 Å². The molecule has 0 saturated carbocycles. The van der Waals surface area contributed by atoms with Crippen LogP contribution in [0.3, 0.4) is 0 Å². The van der Waals surface area contributed by atoms with E-state index in [0.29, 0.717) is 50.0 Å². The van der Waals surface area contributed by atoms with E-state index in [-0.39, 0.29) is 29.7 Å². The molecule has 1 aromatic heterocycles. The maximum absolute atomic E-state index is 13.2. The topological polar surface area (TPSA) is 159 Å². The van der Waals surface area contributed by atoms with Crippen molar-refractivity contribution in [3.8, 4) is 16.9 Å². The Kier molecular flexibility index (Phi) is 13.0. The molecule has 1 fully saturated rings. The molecule has 1 N–H and O–H groups in total. The quantitative estimate of drug-likeness (QED) is 0.0723. The lowest BCUT2D eigenvalue weighted by atomic mass is 10.1. The van der Waals surface area contributed by atoms with Crippen molar-refractivity contribution in [3.05, 3.63) is 72.1 Å². The predicted molar refractivity (Wildman–Crippen MR) is 208 cm³/mol. The first-order valence-corrected chi connectivity index (χ1v) is 19.3. The van der Waals surface area contributed by atoms with Crippen LogP contribution in [-0.4, -0.2) is 93.8 Å². The number of esters is 1. The Hall–Kier alpha value is -5.44. The highest BCUT2D eigenvalue weighted by Gasteiger charge is 2.41. The van der Waals surface area contributed by atoms with Crippen molar-refractivity contribution in [1.82, 2.24) is 20.0 Å². The van der Waals surface area contributed by atoms with Crippen molar-refractivity contribution in [2.24, 2.45) is 5.92 Å². The number of aromatic nitrogens is 2. The van der Waals surface area contributed by atoms with Crippen LogP contribution in [0.4, 0.5) is 9.59 Å². The van der Waals surface area contributed by atoms with Gasteiger partial charge in [0.15, 0.2) is 6.54 Å². The number of carbonyl (C=O) groups excluding carboxylic acids is 5. The molecule has 5 rings (SSSR count). The van der Waals surface area contributed by atoms with Crippen LogP contribution in [-0.2, 0) is 36.9 Å².